The number of benzene rings is 2. The summed E-state index contributed by atoms with van der Waals surface area (Å²) in [6.07, 6.45) is 0. The Morgan fingerprint density at radius 2 is 1.87 bits per heavy atom. The average molecular weight is 422 g/mol. The molecule has 8 nitrogen and oxygen atoms in total. The fourth-order valence-corrected chi connectivity index (χ4v) is 3.83. The van der Waals surface area contributed by atoms with Gasteiger partial charge in [-0.25, -0.2) is 0 Å². The van der Waals surface area contributed by atoms with Crippen LogP contribution in [-0.2, 0) is 11.3 Å². The van der Waals surface area contributed by atoms with E-state index in [0.29, 0.717) is 45.0 Å². The van der Waals surface area contributed by atoms with E-state index < -0.39 is 0 Å². The van der Waals surface area contributed by atoms with E-state index in [2.05, 4.69) is 15.1 Å². The van der Waals surface area contributed by atoms with E-state index in [1.54, 1.807) is 12.0 Å². The van der Waals surface area contributed by atoms with Crippen LogP contribution in [0.25, 0.3) is 10.9 Å². The lowest BCUT2D eigenvalue weighted by atomic mass is 10.2. The minimum Gasteiger partial charge on any atom is -0.497 e. The molecule has 1 aliphatic heterocycles. The molecule has 0 saturated carbocycles. The number of para-hydroxylation sites is 1. The van der Waals surface area contributed by atoms with Crippen molar-refractivity contribution in [1.82, 2.24) is 24.9 Å². The van der Waals surface area contributed by atoms with Crippen LogP contribution >= 0.6 is 0 Å². The Morgan fingerprint density at radius 3 is 2.65 bits per heavy atom. The zero-order chi connectivity index (χ0) is 21.8. The molecule has 0 aliphatic carbocycles. The summed E-state index contributed by atoms with van der Waals surface area (Å²) >= 11 is 0. The zero-order valence-corrected chi connectivity index (χ0v) is 17.9. The standard InChI is InChI=1S/C23H27N5O3/c1-26(15-17-6-5-7-18(14-17)31-2)21(29)16-27-10-12-28(13-11-27)23(30)22-19-8-3-4-9-20(19)24-25-22/h3-9,14H,10-13,15-16H2,1-2H3,(H,24,25). The first-order valence-corrected chi connectivity index (χ1v) is 10.4. The Hall–Kier alpha value is -3.39. The van der Waals surface area contributed by atoms with Crippen LogP contribution in [0.3, 0.4) is 0 Å². The van der Waals surface area contributed by atoms with Gasteiger partial charge in [-0.3, -0.25) is 19.6 Å². The number of hydrogen-bond acceptors (Lipinski definition) is 5. The molecule has 1 aromatic heterocycles. The largest absolute Gasteiger partial charge is 0.497 e. The Morgan fingerprint density at radius 1 is 1.10 bits per heavy atom. The number of nitrogens with one attached hydrogen (secondary N) is 1. The summed E-state index contributed by atoms with van der Waals surface area (Å²) in [4.78, 5) is 31.2. The van der Waals surface area contributed by atoms with Gasteiger partial charge in [-0.15, -0.1) is 0 Å². The minimum absolute atomic E-state index is 0.0564. The normalized spacial score (nSPS) is 14.6. The number of hydrogen-bond donors (Lipinski definition) is 1. The van der Waals surface area contributed by atoms with Crippen molar-refractivity contribution in [3.63, 3.8) is 0 Å². The summed E-state index contributed by atoms with van der Waals surface area (Å²) < 4.78 is 5.25. The number of aromatic amines is 1. The Bertz CT molecular complexity index is 1070. The Labute approximate surface area is 181 Å². The lowest BCUT2D eigenvalue weighted by Crippen LogP contribution is -2.51. The topological polar surface area (TPSA) is 81.8 Å². The van der Waals surface area contributed by atoms with Gasteiger partial charge < -0.3 is 14.5 Å². The SMILES string of the molecule is COc1cccc(CN(C)C(=O)CN2CCN(C(=O)c3n[nH]c4ccccc34)CC2)c1. The predicted molar refractivity (Wildman–Crippen MR) is 118 cm³/mol. The molecule has 0 bridgehead atoms. The van der Waals surface area contributed by atoms with E-state index in [1.165, 1.54) is 0 Å². The maximum absolute atomic E-state index is 12.9. The third-order valence-electron chi connectivity index (χ3n) is 5.67. The molecular weight excluding hydrogens is 394 g/mol. The number of H-pyrrole nitrogens is 1. The number of carbonyl (C=O) groups is 2. The second-order valence-electron chi connectivity index (χ2n) is 7.79. The molecule has 1 saturated heterocycles. The van der Waals surface area contributed by atoms with Crippen molar-refractivity contribution in [2.75, 3.05) is 46.9 Å². The van der Waals surface area contributed by atoms with Crippen LogP contribution in [0.5, 0.6) is 5.75 Å². The van der Waals surface area contributed by atoms with E-state index in [1.807, 2.05) is 60.5 Å². The van der Waals surface area contributed by atoms with Gasteiger partial charge in [-0.1, -0.05) is 30.3 Å². The number of amides is 2. The third-order valence-corrected chi connectivity index (χ3v) is 5.67. The van der Waals surface area contributed by atoms with Gasteiger partial charge in [0.1, 0.15) is 5.75 Å². The molecule has 2 aromatic carbocycles. The number of methoxy groups -OCH3 is 1. The first kappa shape index (κ1) is 20.9. The maximum Gasteiger partial charge on any atom is 0.275 e. The van der Waals surface area contributed by atoms with Crippen LogP contribution < -0.4 is 4.74 Å². The van der Waals surface area contributed by atoms with Gasteiger partial charge in [0.2, 0.25) is 5.91 Å². The van der Waals surface area contributed by atoms with E-state index >= 15 is 0 Å². The van der Waals surface area contributed by atoms with E-state index in [9.17, 15) is 9.59 Å². The average Bonchev–Trinajstić information content (AvgIpc) is 3.23. The van der Waals surface area contributed by atoms with Gasteiger partial charge in [0, 0.05) is 45.2 Å². The quantitative estimate of drug-likeness (QED) is 0.658. The molecule has 3 aromatic rings. The number of rotatable bonds is 6. The van der Waals surface area contributed by atoms with Gasteiger partial charge in [0.05, 0.1) is 19.2 Å². The monoisotopic (exact) mass is 421 g/mol. The molecule has 0 spiro atoms. The van der Waals surface area contributed by atoms with E-state index in [4.69, 9.17) is 4.74 Å². The summed E-state index contributed by atoms with van der Waals surface area (Å²) in [5.41, 5.74) is 2.34. The first-order valence-electron chi connectivity index (χ1n) is 10.4. The van der Waals surface area contributed by atoms with Crippen LogP contribution in [0.2, 0.25) is 0 Å². The van der Waals surface area contributed by atoms with E-state index in [0.717, 1.165) is 22.2 Å². The molecule has 1 N–H and O–H groups in total. The molecule has 0 unspecified atom stereocenters. The van der Waals surface area contributed by atoms with Crippen molar-refractivity contribution >= 4 is 22.7 Å². The fraction of sp³-hybridized carbons (Fsp3) is 0.348. The second-order valence-corrected chi connectivity index (χ2v) is 7.79. The summed E-state index contributed by atoms with van der Waals surface area (Å²) in [6.45, 7) is 3.34. The third kappa shape index (κ3) is 4.69. The van der Waals surface area contributed by atoms with Crippen LogP contribution in [0.4, 0.5) is 0 Å². The van der Waals surface area contributed by atoms with Crippen molar-refractivity contribution in [2.24, 2.45) is 0 Å². The first-order chi connectivity index (χ1) is 15.0. The van der Waals surface area contributed by atoms with Crippen LogP contribution in [0.1, 0.15) is 16.1 Å². The Balaban J connectivity index is 1.29. The highest BCUT2D eigenvalue weighted by atomic mass is 16.5. The molecule has 31 heavy (non-hydrogen) atoms. The van der Waals surface area contributed by atoms with Crippen molar-refractivity contribution in [3.8, 4) is 5.75 Å². The smallest absolute Gasteiger partial charge is 0.275 e. The van der Waals surface area contributed by atoms with Crippen molar-refractivity contribution in [2.45, 2.75) is 6.54 Å². The number of likely N-dealkylation sites (N-methyl/N-ethyl adjacent to an activating group) is 1. The molecule has 0 radical (unpaired) electrons. The van der Waals surface area contributed by atoms with Gasteiger partial charge in [-0.2, -0.15) is 5.10 Å². The number of fused-ring (bicyclic) bond motifs is 1. The van der Waals surface area contributed by atoms with Crippen LogP contribution in [0.15, 0.2) is 48.5 Å². The number of piperazine rings is 1. The molecule has 4 rings (SSSR count). The molecule has 2 amide bonds. The number of nitrogens with zero attached hydrogens (tertiary/aromatic N) is 4. The van der Waals surface area contributed by atoms with Gasteiger partial charge in [0.25, 0.3) is 5.91 Å². The van der Waals surface area contributed by atoms with Crippen molar-refractivity contribution in [3.05, 3.63) is 59.8 Å². The second kappa shape index (κ2) is 9.18. The fourth-order valence-electron chi connectivity index (χ4n) is 3.83. The van der Waals surface area contributed by atoms with Crippen LogP contribution in [0, 0.1) is 0 Å². The van der Waals surface area contributed by atoms with E-state index in [-0.39, 0.29) is 11.8 Å². The molecule has 2 heterocycles. The predicted octanol–water partition coefficient (Wildman–Crippen LogP) is 1.99. The molecular formula is C23H27N5O3. The molecule has 1 fully saturated rings. The number of ether oxygens (including phenoxy) is 1. The summed E-state index contributed by atoms with van der Waals surface area (Å²) in [7, 11) is 3.44. The highest BCUT2D eigenvalue weighted by molar-refractivity contribution is 6.04. The van der Waals surface area contributed by atoms with Gasteiger partial charge in [0.15, 0.2) is 5.69 Å². The summed E-state index contributed by atoms with van der Waals surface area (Å²) in [5.74, 6) is 0.767. The molecule has 8 heteroatoms. The van der Waals surface area contributed by atoms with Gasteiger partial charge >= 0.3 is 0 Å². The van der Waals surface area contributed by atoms with Gasteiger partial charge in [-0.05, 0) is 23.8 Å². The summed E-state index contributed by atoms with van der Waals surface area (Å²) in [5, 5.41) is 7.97. The molecule has 1 aliphatic rings. The van der Waals surface area contributed by atoms with Crippen LogP contribution in [-0.4, -0.2) is 83.6 Å². The highest BCUT2D eigenvalue weighted by Gasteiger charge is 2.26. The highest BCUT2D eigenvalue weighted by Crippen LogP contribution is 2.18. The summed E-state index contributed by atoms with van der Waals surface area (Å²) in [6, 6.07) is 15.4. The van der Waals surface area contributed by atoms with Crippen molar-refractivity contribution in [1.29, 1.82) is 0 Å². The maximum atomic E-state index is 12.9. The molecule has 0 atom stereocenters. The Kier molecular flexibility index (Phi) is 6.18. The lowest BCUT2D eigenvalue weighted by Gasteiger charge is -2.34. The lowest BCUT2D eigenvalue weighted by molar-refractivity contribution is -0.132. The number of aromatic nitrogens is 2. The molecule has 162 valence electrons. The number of carbonyl (C=O) groups excluding carboxylic acids is 2. The zero-order valence-electron chi connectivity index (χ0n) is 17.9. The minimum atomic E-state index is -0.0708. The van der Waals surface area contributed by atoms with Crippen molar-refractivity contribution < 1.29 is 14.3 Å².